The fraction of sp³-hybridized carbons (Fsp3) is 0.333. The molecule has 0 amide bonds. The Hall–Kier alpha value is -0.990. The van der Waals surface area contributed by atoms with Gasteiger partial charge in [0.1, 0.15) is 11.4 Å². The summed E-state index contributed by atoms with van der Waals surface area (Å²) in [6.07, 6.45) is -1.96. The third-order valence-electron chi connectivity index (χ3n) is 1.89. The number of methoxy groups -OCH3 is 1. The number of halogens is 3. The number of nitrogens with zero attached hydrogens (tertiary/aromatic N) is 1. The van der Waals surface area contributed by atoms with E-state index >= 15 is 0 Å². The van der Waals surface area contributed by atoms with Crippen LogP contribution < -0.4 is 0 Å². The van der Waals surface area contributed by atoms with Crippen LogP contribution in [0.2, 0.25) is 0 Å². The molecule has 0 bridgehead atoms. The molecule has 0 saturated heterocycles. The fourth-order valence-corrected chi connectivity index (χ4v) is 1.66. The molecule has 0 aliphatic rings. The van der Waals surface area contributed by atoms with E-state index in [1.165, 1.54) is 13.3 Å². The van der Waals surface area contributed by atoms with Crippen molar-refractivity contribution < 1.29 is 23.4 Å². The van der Waals surface area contributed by atoms with Crippen LogP contribution in [-0.4, -0.2) is 23.2 Å². The second-order valence-electron chi connectivity index (χ2n) is 2.87. The zero-order valence-corrected chi connectivity index (χ0v) is 10.4. The summed E-state index contributed by atoms with van der Waals surface area (Å²) in [5.41, 5.74) is -0.614. The number of aromatic hydroxyl groups is 1. The summed E-state index contributed by atoms with van der Waals surface area (Å²) in [6, 6.07) is 0. The van der Waals surface area contributed by atoms with Crippen molar-refractivity contribution in [2.45, 2.75) is 12.8 Å². The number of carbonyl (C=O) groups is 1. The average molecular weight is 343 g/mol. The van der Waals surface area contributed by atoms with Crippen LogP contribution in [0.1, 0.15) is 17.7 Å². The van der Waals surface area contributed by atoms with E-state index in [4.69, 9.17) is 0 Å². The molecule has 7 heteroatoms. The lowest BCUT2D eigenvalue weighted by molar-refractivity contribution is -0.139. The minimum absolute atomic E-state index is 0.109. The van der Waals surface area contributed by atoms with E-state index in [-0.39, 0.29) is 12.0 Å². The molecular formula is C9H8F2INO3. The number of hydrogen-bond donors (Lipinski definition) is 1. The highest BCUT2D eigenvalue weighted by Gasteiger charge is 2.21. The molecule has 0 fully saturated rings. The molecule has 4 nitrogen and oxygen atoms in total. The first-order valence-corrected chi connectivity index (χ1v) is 5.26. The maximum absolute atomic E-state index is 12.4. The molecular weight excluding hydrogens is 335 g/mol. The Morgan fingerprint density at radius 1 is 1.69 bits per heavy atom. The van der Waals surface area contributed by atoms with E-state index in [2.05, 4.69) is 9.72 Å². The van der Waals surface area contributed by atoms with Crippen LogP contribution in [0.25, 0.3) is 0 Å². The summed E-state index contributed by atoms with van der Waals surface area (Å²) in [6.45, 7) is 0. The summed E-state index contributed by atoms with van der Waals surface area (Å²) in [7, 11) is 1.18. The number of hydrogen-bond acceptors (Lipinski definition) is 4. The lowest BCUT2D eigenvalue weighted by Crippen LogP contribution is -2.08. The normalized spacial score (nSPS) is 10.6. The van der Waals surface area contributed by atoms with Crippen molar-refractivity contribution in [3.63, 3.8) is 0 Å². The standard InChI is InChI=1S/C9H8F2INO3/c1-16-6(14)2-4-5(12)3-13-7(8(4)15)9(10)11/h3,9,15H,2H2,1H3. The van der Waals surface area contributed by atoms with E-state index in [0.29, 0.717) is 3.57 Å². The van der Waals surface area contributed by atoms with Crippen molar-refractivity contribution in [2.24, 2.45) is 0 Å². The van der Waals surface area contributed by atoms with Crippen molar-refractivity contribution >= 4 is 28.6 Å². The van der Waals surface area contributed by atoms with E-state index in [1.54, 1.807) is 22.6 Å². The topological polar surface area (TPSA) is 59.4 Å². The quantitative estimate of drug-likeness (QED) is 0.674. The van der Waals surface area contributed by atoms with Gasteiger partial charge in [0, 0.05) is 15.3 Å². The number of rotatable bonds is 3. The van der Waals surface area contributed by atoms with Crippen LogP contribution in [0.4, 0.5) is 8.78 Å². The highest BCUT2D eigenvalue weighted by molar-refractivity contribution is 14.1. The van der Waals surface area contributed by atoms with Gasteiger partial charge in [0.25, 0.3) is 6.43 Å². The Morgan fingerprint density at radius 3 is 2.81 bits per heavy atom. The molecule has 0 radical (unpaired) electrons. The highest BCUT2D eigenvalue weighted by atomic mass is 127. The van der Waals surface area contributed by atoms with Crippen molar-refractivity contribution in [3.05, 3.63) is 21.0 Å². The van der Waals surface area contributed by atoms with Gasteiger partial charge in [-0.25, -0.2) is 8.78 Å². The molecule has 1 rings (SSSR count). The SMILES string of the molecule is COC(=O)Cc1c(I)cnc(C(F)F)c1O. The third-order valence-corrected chi connectivity index (χ3v) is 2.82. The zero-order chi connectivity index (χ0) is 12.3. The molecule has 0 atom stereocenters. The Labute approximate surface area is 104 Å². The first-order valence-electron chi connectivity index (χ1n) is 4.18. The van der Waals surface area contributed by atoms with Crippen LogP contribution in [0.3, 0.4) is 0 Å². The van der Waals surface area contributed by atoms with Crippen LogP contribution in [-0.2, 0) is 16.0 Å². The average Bonchev–Trinajstić information content (AvgIpc) is 2.23. The monoisotopic (exact) mass is 343 g/mol. The first kappa shape index (κ1) is 13.1. The molecule has 1 aromatic heterocycles. The number of ether oxygens (including phenoxy) is 1. The van der Waals surface area contributed by atoms with E-state index in [1.807, 2.05) is 0 Å². The summed E-state index contributed by atoms with van der Waals surface area (Å²) >= 11 is 1.80. The van der Waals surface area contributed by atoms with Crippen LogP contribution in [0.15, 0.2) is 6.20 Å². The van der Waals surface area contributed by atoms with E-state index in [9.17, 15) is 18.7 Å². The Kier molecular flexibility index (Phi) is 4.39. The lowest BCUT2D eigenvalue weighted by Gasteiger charge is -2.09. The highest BCUT2D eigenvalue weighted by Crippen LogP contribution is 2.32. The molecule has 0 unspecified atom stereocenters. The van der Waals surface area contributed by atoms with Crippen molar-refractivity contribution in [3.8, 4) is 5.75 Å². The maximum atomic E-state index is 12.4. The number of esters is 1. The van der Waals surface area contributed by atoms with Gasteiger partial charge in [-0.05, 0) is 22.6 Å². The molecule has 16 heavy (non-hydrogen) atoms. The zero-order valence-electron chi connectivity index (χ0n) is 8.21. The number of aromatic nitrogens is 1. The van der Waals surface area contributed by atoms with Crippen LogP contribution in [0, 0.1) is 3.57 Å². The van der Waals surface area contributed by atoms with Gasteiger partial charge in [-0.15, -0.1) is 0 Å². The molecule has 1 N–H and O–H groups in total. The largest absolute Gasteiger partial charge is 0.505 e. The van der Waals surface area contributed by atoms with Gasteiger partial charge in [0.15, 0.2) is 0 Å². The molecule has 0 aliphatic heterocycles. The molecule has 88 valence electrons. The number of alkyl halides is 2. The third kappa shape index (κ3) is 2.77. The summed E-state index contributed by atoms with van der Waals surface area (Å²) in [4.78, 5) is 14.4. The predicted molar refractivity (Wildman–Crippen MR) is 59.3 cm³/mol. The number of pyridine rings is 1. The summed E-state index contributed by atoms with van der Waals surface area (Å²) in [5, 5.41) is 9.53. The van der Waals surface area contributed by atoms with Gasteiger partial charge >= 0.3 is 5.97 Å². The molecule has 0 spiro atoms. The van der Waals surface area contributed by atoms with E-state index in [0.717, 1.165) is 0 Å². The summed E-state index contributed by atoms with van der Waals surface area (Å²) in [5.74, 6) is -1.26. The molecule has 0 aliphatic carbocycles. The van der Waals surface area contributed by atoms with Crippen molar-refractivity contribution in [1.82, 2.24) is 4.98 Å². The second kappa shape index (κ2) is 5.37. The van der Waals surface area contributed by atoms with Gasteiger partial charge in [-0.2, -0.15) is 0 Å². The first-order chi connectivity index (χ1) is 7.47. The van der Waals surface area contributed by atoms with Gasteiger partial charge in [-0.3, -0.25) is 9.78 Å². The second-order valence-corrected chi connectivity index (χ2v) is 4.03. The van der Waals surface area contributed by atoms with Crippen LogP contribution >= 0.6 is 22.6 Å². The number of carbonyl (C=O) groups excluding carboxylic acids is 1. The van der Waals surface area contributed by atoms with E-state index < -0.39 is 23.8 Å². The molecule has 1 heterocycles. The maximum Gasteiger partial charge on any atom is 0.310 e. The van der Waals surface area contributed by atoms with Gasteiger partial charge < -0.3 is 9.84 Å². The van der Waals surface area contributed by atoms with Gasteiger partial charge in [-0.1, -0.05) is 0 Å². The summed E-state index contributed by atoms with van der Waals surface area (Å²) < 4.78 is 29.7. The Morgan fingerprint density at radius 2 is 2.31 bits per heavy atom. The minimum Gasteiger partial charge on any atom is -0.505 e. The lowest BCUT2D eigenvalue weighted by atomic mass is 10.1. The van der Waals surface area contributed by atoms with Crippen molar-refractivity contribution in [2.75, 3.05) is 7.11 Å². The Balaban J connectivity index is 3.16. The molecule has 0 aromatic carbocycles. The van der Waals surface area contributed by atoms with Gasteiger partial charge in [0.2, 0.25) is 0 Å². The molecule has 0 saturated carbocycles. The fourth-order valence-electron chi connectivity index (χ4n) is 1.08. The minimum atomic E-state index is -2.88. The van der Waals surface area contributed by atoms with Crippen molar-refractivity contribution in [1.29, 1.82) is 0 Å². The van der Waals surface area contributed by atoms with Crippen LogP contribution in [0.5, 0.6) is 5.75 Å². The predicted octanol–water partition coefficient (Wildman–Crippen LogP) is 2.04. The molecule has 1 aromatic rings. The Bertz CT molecular complexity index is 412. The van der Waals surface area contributed by atoms with Gasteiger partial charge in [0.05, 0.1) is 13.5 Å². The smallest absolute Gasteiger partial charge is 0.310 e.